The molecule has 38 heavy (non-hydrogen) atoms. The van der Waals surface area contributed by atoms with Crippen LogP contribution in [0, 0.1) is 0 Å². The number of rotatable bonds is 12. The van der Waals surface area contributed by atoms with E-state index in [1.165, 1.54) is 19.1 Å². The van der Waals surface area contributed by atoms with Gasteiger partial charge in [-0.1, -0.05) is 30.3 Å². The molecular formula is C26H31N5O6S. The molecule has 12 heteroatoms. The largest absolute Gasteiger partial charge is 0.508 e. The normalized spacial score (nSPS) is 14.2. The van der Waals surface area contributed by atoms with E-state index < -0.39 is 47.9 Å². The number of nitrogens with one attached hydrogen (secondary N) is 4. The number of phenols is 1. The Morgan fingerprint density at radius 2 is 1.55 bits per heavy atom. The first-order valence-corrected chi connectivity index (χ1v) is 12.6. The highest BCUT2D eigenvalue weighted by Gasteiger charge is 2.29. The molecule has 0 radical (unpaired) electrons. The SMILES string of the molecule is CC(NC(=O)C(Cc1c[nH]c2ccccc12)NC(=O)C(CS)NC(=O)C(N)Cc1ccc(O)cc1)C(=O)O. The molecule has 3 amide bonds. The zero-order valence-electron chi connectivity index (χ0n) is 20.7. The van der Waals surface area contributed by atoms with Crippen LogP contribution in [0.25, 0.3) is 10.9 Å². The van der Waals surface area contributed by atoms with Gasteiger partial charge in [-0.25, -0.2) is 0 Å². The summed E-state index contributed by atoms with van der Waals surface area (Å²) < 4.78 is 0. The van der Waals surface area contributed by atoms with Crippen LogP contribution < -0.4 is 21.7 Å². The zero-order chi connectivity index (χ0) is 27.8. The molecule has 11 nitrogen and oxygen atoms in total. The molecule has 0 aliphatic heterocycles. The Bertz CT molecular complexity index is 1290. The van der Waals surface area contributed by atoms with Gasteiger partial charge in [-0.3, -0.25) is 19.2 Å². The van der Waals surface area contributed by atoms with E-state index in [2.05, 4.69) is 33.6 Å². The maximum atomic E-state index is 13.1. The summed E-state index contributed by atoms with van der Waals surface area (Å²) in [6, 6.07) is 9.27. The van der Waals surface area contributed by atoms with E-state index in [9.17, 15) is 29.4 Å². The number of H-pyrrole nitrogens is 1. The van der Waals surface area contributed by atoms with Crippen LogP contribution in [0.5, 0.6) is 5.75 Å². The van der Waals surface area contributed by atoms with Crippen molar-refractivity contribution < 1.29 is 29.4 Å². The van der Waals surface area contributed by atoms with Crippen LogP contribution in [-0.4, -0.2) is 68.8 Å². The summed E-state index contributed by atoms with van der Waals surface area (Å²) in [7, 11) is 0. The third-order valence-corrected chi connectivity index (χ3v) is 6.37. The number of aromatic nitrogens is 1. The minimum atomic E-state index is -1.22. The van der Waals surface area contributed by atoms with Crippen molar-refractivity contribution in [3.63, 3.8) is 0 Å². The molecule has 8 N–H and O–H groups in total. The number of aromatic hydroxyl groups is 1. The second-order valence-corrected chi connectivity index (χ2v) is 9.28. The lowest BCUT2D eigenvalue weighted by Gasteiger charge is -2.24. The minimum Gasteiger partial charge on any atom is -0.508 e. The first kappa shape index (κ1) is 28.5. The number of aromatic amines is 1. The van der Waals surface area contributed by atoms with Crippen LogP contribution in [0.15, 0.2) is 54.7 Å². The van der Waals surface area contributed by atoms with Crippen LogP contribution >= 0.6 is 12.6 Å². The number of fused-ring (bicyclic) bond motifs is 1. The molecule has 202 valence electrons. The molecule has 1 aromatic heterocycles. The van der Waals surface area contributed by atoms with Gasteiger partial charge in [-0.15, -0.1) is 0 Å². The number of carbonyl (C=O) groups is 4. The molecule has 0 saturated heterocycles. The van der Waals surface area contributed by atoms with E-state index in [1.54, 1.807) is 18.3 Å². The Hall–Kier alpha value is -4.03. The highest BCUT2D eigenvalue weighted by atomic mass is 32.1. The number of thiol groups is 1. The average molecular weight is 542 g/mol. The van der Waals surface area contributed by atoms with Crippen LogP contribution in [0.2, 0.25) is 0 Å². The molecule has 0 fully saturated rings. The number of nitrogens with two attached hydrogens (primary N) is 1. The van der Waals surface area contributed by atoms with Crippen LogP contribution in [0.1, 0.15) is 18.1 Å². The summed E-state index contributed by atoms with van der Waals surface area (Å²) in [6.07, 6.45) is 1.96. The van der Waals surface area contributed by atoms with Gasteiger partial charge in [0, 0.05) is 29.3 Å². The lowest BCUT2D eigenvalue weighted by Crippen LogP contribution is -2.58. The molecule has 0 aliphatic rings. The number of carboxylic acid groups (broad SMARTS) is 1. The standard InChI is InChI=1S/C26H31N5O6S/c1-14(26(36)37)29-24(34)21(11-16-12-28-20-5-3-2-4-18(16)20)30-25(35)22(13-38)31-23(33)19(27)10-15-6-8-17(32)9-7-15/h2-9,12,14,19,21-22,28,32,38H,10-11,13,27H2,1H3,(H,29,34)(H,30,35)(H,31,33)(H,36,37). The minimum absolute atomic E-state index is 0.0710. The Balaban J connectivity index is 1.72. The van der Waals surface area contributed by atoms with Gasteiger partial charge in [0.25, 0.3) is 0 Å². The Labute approximate surface area is 224 Å². The van der Waals surface area contributed by atoms with Gasteiger partial charge < -0.3 is 36.9 Å². The average Bonchev–Trinajstić information content (AvgIpc) is 3.30. The first-order chi connectivity index (χ1) is 18.1. The fourth-order valence-electron chi connectivity index (χ4n) is 3.83. The maximum absolute atomic E-state index is 13.1. The van der Waals surface area contributed by atoms with Gasteiger partial charge in [0.2, 0.25) is 17.7 Å². The lowest BCUT2D eigenvalue weighted by atomic mass is 10.0. The van der Waals surface area contributed by atoms with Gasteiger partial charge in [-0.05, 0) is 42.7 Å². The van der Waals surface area contributed by atoms with Crippen LogP contribution in [-0.2, 0) is 32.0 Å². The fourth-order valence-corrected chi connectivity index (χ4v) is 4.09. The number of para-hydroxylation sites is 1. The second kappa shape index (κ2) is 13.0. The lowest BCUT2D eigenvalue weighted by molar-refractivity contribution is -0.141. The van der Waals surface area contributed by atoms with Crippen molar-refractivity contribution in [1.82, 2.24) is 20.9 Å². The van der Waals surface area contributed by atoms with E-state index in [-0.39, 0.29) is 24.3 Å². The van der Waals surface area contributed by atoms with Crippen LogP contribution in [0.4, 0.5) is 0 Å². The van der Waals surface area contributed by atoms with E-state index in [4.69, 9.17) is 5.73 Å². The van der Waals surface area contributed by atoms with Gasteiger partial charge >= 0.3 is 5.97 Å². The van der Waals surface area contributed by atoms with Crippen molar-refractivity contribution in [2.75, 3.05) is 5.75 Å². The Morgan fingerprint density at radius 1 is 0.921 bits per heavy atom. The molecule has 0 spiro atoms. The van der Waals surface area contributed by atoms with Crippen molar-refractivity contribution in [3.8, 4) is 5.75 Å². The fraction of sp³-hybridized carbons (Fsp3) is 0.308. The third kappa shape index (κ3) is 7.49. The number of phenolic OH excluding ortho intramolecular Hbond substituents is 1. The molecule has 0 saturated carbocycles. The molecule has 4 atom stereocenters. The van der Waals surface area contributed by atoms with E-state index in [1.807, 2.05) is 24.3 Å². The molecule has 2 aromatic carbocycles. The van der Waals surface area contributed by atoms with E-state index in [0.717, 1.165) is 22.0 Å². The predicted octanol–water partition coefficient (Wildman–Crippen LogP) is 0.475. The van der Waals surface area contributed by atoms with Crippen molar-refractivity contribution in [2.45, 2.75) is 43.9 Å². The second-order valence-electron chi connectivity index (χ2n) is 8.91. The topological polar surface area (TPSA) is 187 Å². The molecule has 4 unspecified atom stereocenters. The molecule has 3 aromatic rings. The number of aliphatic carboxylic acids is 1. The zero-order valence-corrected chi connectivity index (χ0v) is 21.6. The van der Waals surface area contributed by atoms with Crippen LogP contribution in [0.3, 0.4) is 0 Å². The summed E-state index contributed by atoms with van der Waals surface area (Å²) >= 11 is 4.18. The Kier molecular flexibility index (Phi) is 9.74. The molecule has 0 aliphatic carbocycles. The predicted molar refractivity (Wildman–Crippen MR) is 145 cm³/mol. The third-order valence-electron chi connectivity index (χ3n) is 6.01. The summed E-state index contributed by atoms with van der Waals surface area (Å²) in [6.45, 7) is 1.32. The van der Waals surface area contributed by atoms with Gasteiger partial charge in [0.15, 0.2) is 0 Å². The molecule has 1 heterocycles. The monoisotopic (exact) mass is 541 g/mol. The van der Waals surface area contributed by atoms with Gasteiger partial charge in [0.05, 0.1) is 6.04 Å². The quantitative estimate of drug-likeness (QED) is 0.153. The highest BCUT2D eigenvalue weighted by Crippen LogP contribution is 2.19. The molecule has 3 rings (SSSR count). The number of amides is 3. The van der Waals surface area contributed by atoms with Gasteiger partial charge in [-0.2, -0.15) is 12.6 Å². The van der Waals surface area contributed by atoms with Gasteiger partial charge in [0.1, 0.15) is 23.9 Å². The Morgan fingerprint density at radius 3 is 2.21 bits per heavy atom. The van der Waals surface area contributed by atoms with Crippen molar-refractivity contribution >= 4 is 47.2 Å². The van der Waals surface area contributed by atoms with E-state index >= 15 is 0 Å². The van der Waals surface area contributed by atoms with E-state index in [0.29, 0.717) is 0 Å². The van der Waals surface area contributed by atoms with Crippen molar-refractivity contribution in [2.24, 2.45) is 5.73 Å². The molecular weight excluding hydrogens is 510 g/mol. The summed E-state index contributed by atoms with van der Waals surface area (Å²) in [5.74, 6) is -3.17. The maximum Gasteiger partial charge on any atom is 0.325 e. The smallest absolute Gasteiger partial charge is 0.325 e. The van der Waals surface area contributed by atoms with Crippen molar-refractivity contribution in [3.05, 3.63) is 65.9 Å². The number of hydrogen-bond donors (Lipinski definition) is 8. The number of carbonyl (C=O) groups excluding carboxylic acids is 3. The summed E-state index contributed by atoms with van der Waals surface area (Å²) in [5.41, 5.74) is 8.32. The molecule has 0 bridgehead atoms. The van der Waals surface area contributed by atoms with Crippen molar-refractivity contribution in [1.29, 1.82) is 0 Å². The summed E-state index contributed by atoms with van der Waals surface area (Å²) in [5, 5.41) is 27.0. The number of hydrogen-bond acceptors (Lipinski definition) is 7. The summed E-state index contributed by atoms with van der Waals surface area (Å²) in [4.78, 5) is 53.1. The number of carboxylic acids is 1. The first-order valence-electron chi connectivity index (χ1n) is 11.9. The number of benzene rings is 2. The highest BCUT2D eigenvalue weighted by molar-refractivity contribution is 7.80.